The van der Waals surface area contributed by atoms with Crippen molar-refractivity contribution in [3.8, 4) is 12.1 Å². The summed E-state index contributed by atoms with van der Waals surface area (Å²) in [5.41, 5.74) is 10.9. The lowest BCUT2D eigenvalue weighted by Gasteiger charge is -1.98. The molecule has 4 N–H and O–H groups in total. The van der Waals surface area contributed by atoms with Crippen molar-refractivity contribution in [2.45, 2.75) is 0 Å². The first-order chi connectivity index (χ1) is 9.47. The van der Waals surface area contributed by atoms with Gasteiger partial charge >= 0.3 is 0 Å². The second kappa shape index (κ2) is 6.53. The number of benzene rings is 1. The fourth-order valence-electron chi connectivity index (χ4n) is 1.34. The minimum atomic E-state index is -0.808. The Morgan fingerprint density at radius 3 is 1.35 bits per heavy atom. The van der Waals surface area contributed by atoms with Crippen LogP contribution in [0.3, 0.4) is 0 Å². The predicted octanol–water partition coefficient (Wildman–Crippen LogP) is 0.471. The molecule has 1 aromatic carbocycles. The van der Waals surface area contributed by atoms with Crippen molar-refractivity contribution in [2.24, 2.45) is 11.5 Å². The summed E-state index contributed by atoms with van der Waals surface area (Å²) >= 11 is 0. The van der Waals surface area contributed by atoms with E-state index in [-0.39, 0.29) is 11.1 Å². The van der Waals surface area contributed by atoms with Crippen molar-refractivity contribution in [3.63, 3.8) is 0 Å². The Hall–Kier alpha value is -3.38. The highest BCUT2D eigenvalue weighted by Gasteiger charge is 2.04. The third kappa shape index (κ3) is 3.83. The first-order valence-electron chi connectivity index (χ1n) is 5.41. The molecule has 0 unspecified atom stereocenters. The Morgan fingerprint density at radius 1 is 0.850 bits per heavy atom. The van der Waals surface area contributed by atoms with Crippen LogP contribution in [0.25, 0.3) is 12.2 Å². The van der Waals surface area contributed by atoms with E-state index >= 15 is 0 Å². The van der Waals surface area contributed by atoms with E-state index in [4.69, 9.17) is 22.0 Å². The molecule has 1 aromatic rings. The van der Waals surface area contributed by atoms with E-state index in [1.807, 2.05) is 0 Å². The van der Waals surface area contributed by atoms with Gasteiger partial charge in [0.2, 0.25) is 0 Å². The van der Waals surface area contributed by atoms with Gasteiger partial charge in [-0.1, -0.05) is 24.3 Å². The summed E-state index contributed by atoms with van der Waals surface area (Å²) in [7, 11) is 0. The largest absolute Gasteiger partial charge is 0.365 e. The molecule has 6 nitrogen and oxygen atoms in total. The summed E-state index contributed by atoms with van der Waals surface area (Å²) in [5.74, 6) is -1.62. The molecule has 2 amide bonds. The molecule has 0 aliphatic heterocycles. The first kappa shape index (κ1) is 14.7. The van der Waals surface area contributed by atoms with E-state index in [1.54, 1.807) is 36.4 Å². The van der Waals surface area contributed by atoms with E-state index in [1.165, 1.54) is 12.2 Å². The Balaban J connectivity index is 3.08. The van der Waals surface area contributed by atoms with Crippen LogP contribution in [0.5, 0.6) is 0 Å². The maximum atomic E-state index is 10.9. The van der Waals surface area contributed by atoms with Crippen molar-refractivity contribution in [2.75, 3.05) is 0 Å². The fourth-order valence-corrected chi connectivity index (χ4v) is 1.34. The van der Waals surface area contributed by atoms with Crippen molar-refractivity contribution in [1.82, 2.24) is 0 Å². The Kier molecular flexibility index (Phi) is 4.79. The van der Waals surface area contributed by atoms with Crippen LogP contribution >= 0.6 is 0 Å². The molecule has 6 heteroatoms. The third-order valence-corrected chi connectivity index (χ3v) is 2.33. The maximum Gasteiger partial charge on any atom is 0.259 e. The van der Waals surface area contributed by atoms with Crippen molar-refractivity contribution < 1.29 is 9.59 Å². The van der Waals surface area contributed by atoms with Crippen LogP contribution in [-0.4, -0.2) is 11.8 Å². The average Bonchev–Trinajstić information content (AvgIpc) is 2.42. The number of nitrogens with two attached hydrogens (primary N) is 2. The summed E-state index contributed by atoms with van der Waals surface area (Å²) in [6.45, 7) is 0. The lowest BCUT2D eigenvalue weighted by atomic mass is 10.1. The van der Waals surface area contributed by atoms with E-state index in [2.05, 4.69) is 0 Å². The SMILES string of the molecule is N#C/C(=C\c1ccc(/C=C(\C#N)C(N)=O)cc1)C(N)=O. The number of hydrogen-bond acceptors (Lipinski definition) is 4. The van der Waals surface area contributed by atoms with Crippen molar-refractivity contribution in [3.05, 3.63) is 46.5 Å². The first-order valence-corrected chi connectivity index (χ1v) is 5.41. The Morgan fingerprint density at radius 2 is 1.15 bits per heavy atom. The van der Waals surface area contributed by atoms with E-state index in [9.17, 15) is 9.59 Å². The highest BCUT2D eigenvalue weighted by Crippen LogP contribution is 2.11. The van der Waals surface area contributed by atoms with E-state index in [0.29, 0.717) is 11.1 Å². The molecule has 0 saturated carbocycles. The van der Waals surface area contributed by atoms with Crippen LogP contribution < -0.4 is 11.5 Å². The highest BCUT2D eigenvalue weighted by atomic mass is 16.1. The monoisotopic (exact) mass is 266 g/mol. The lowest BCUT2D eigenvalue weighted by Crippen LogP contribution is -2.12. The van der Waals surface area contributed by atoms with Crippen LogP contribution in [0.2, 0.25) is 0 Å². The smallest absolute Gasteiger partial charge is 0.259 e. The van der Waals surface area contributed by atoms with Gasteiger partial charge in [-0.2, -0.15) is 10.5 Å². The summed E-state index contributed by atoms with van der Waals surface area (Å²) in [6.07, 6.45) is 2.68. The number of carbonyl (C=O) groups is 2. The van der Waals surface area contributed by atoms with Crippen molar-refractivity contribution in [1.29, 1.82) is 10.5 Å². The molecular weight excluding hydrogens is 256 g/mol. The number of nitrogens with zero attached hydrogens (tertiary/aromatic N) is 2. The van der Waals surface area contributed by atoms with Crippen LogP contribution in [0.15, 0.2) is 35.4 Å². The second-order valence-corrected chi connectivity index (χ2v) is 3.73. The summed E-state index contributed by atoms with van der Waals surface area (Å²) in [4.78, 5) is 21.8. The van der Waals surface area contributed by atoms with Gasteiger partial charge in [-0.15, -0.1) is 0 Å². The quantitative estimate of drug-likeness (QED) is 0.605. The number of carbonyl (C=O) groups excluding carboxylic acids is 2. The maximum absolute atomic E-state index is 10.9. The zero-order chi connectivity index (χ0) is 15.1. The van der Waals surface area contributed by atoms with Gasteiger partial charge in [0.25, 0.3) is 11.8 Å². The van der Waals surface area contributed by atoms with Crippen LogP contribution in [0, 0.1) is 22.7 Å². The second-order valence-electron chi connectivity index (χ2n) is 3.73. The molecule has 98 valence electrons. The summed E-state index contributed by atoms with van der Waals surface area (Å²) in [5, 5.41) is 17.4. The molecule has 20 heavy (non-hydrogen) atoms. The zero-order valence-corrected chi connectivity index (χ0v) is 10.3. The van der Waals surface area contributed by atoms with Gasteiger partial charge in [0.05, 0.1) is 0 Å². The van der Waals surface area contributed by atoms with Gasteiger partial charge in [0.1, 0.15) is 23.3 Å². The lowest BCUT2D eigenvalue weighted by molar-refractivity contribution is -0.115. The van der Waals surface area contributed by atoms with Crippen LogP contribution in [-0.2, 0) is 9.59 Å². The third-order valence-electron chi connectivity index (χ3n) is 2.33. The molecule has 0 fully saturated rings. The molecule has 0 aromatic heterocycles. The van der Waals surface area contributed by atoms with Gasteiger partial charge in [0.15, 0.2) is 0 Å². The molecule has 0 aliphatic carbocycles. The van der Waals surface area contributed by atoms with Crippen LogP contribution in [0.1, 0.15) is 11.1 Å². The molecule has 1 rings (SSSR count). The topological polar surface area (TPSA) is 134 Å². The summed E-state index contributed by atoms with van der Waals surface area (Å²) in [6, 6.07) is 9.84. The standard InChI is InChI=1S/C14H10N4O2/c15-7-11(13(17)19)5-9-1-2-10(4-3-9)6-12(8-16)14(18)20/h1-6H,(H2,17,19)(H2,18,20)/b11-5+,12-6+. The predicted molar refractivity (Wildman–Crippen MR) is 72.0 cm³/mol. The minimum Gasteiger partial charge on any atom is -0.365 e. The van der Waals surface area contributed by atoms with Crippen molar-refractivity contribution >= 4 is 24.0 Å². The number of rotatable bonds is 4. The molecule has 0 aliphatic rings. The molecule has 0 heterocycles. The average molecular weight is 266 g/mol. The minimum absolute atomic E-state index is 0.164. The molecule has 0 radical (unpaired) electrons. The number of amides is 2. The summed E-state index contributed by atoms with van der Waals surface area (Å²) < 4.78 is 0. The normalized spacial score (nSPS) is 11.3. The van der Waals surface area contributed by atoms with Crippen LogP contribution in [0.4, 0.5) is 0 Å². The molecule has 0 bridgehead atoms. The van der Waals surface area contributed by atoms with Gasteiger partial charge < -0.3 is 11.5 Å². The van der Waals surface area contributed by atoms with Gasteiger partial charge in [-0.3, -0.25) is 9.59 Å². The molecular formula is C14H10N4O2. The Labute approximate surface area is 115 Å². The zero-order valence-electron chi connectivity index (χ0n) is 10.3. The number of primary amides is 2. The number of nitriles is 2. The Bertz CT molecular complexity index is 624. The van der Waals surface area contributed by atoms with Gasteiger partial charge in [0, 0.05) is 0 Å². The van der Waals surface area contributed by atoms with Gasteiger partial charge in [-0.25, -0.2) is 0 Å². The highest BCUT2D eigenvalue weighted by molar-refractivity contribution is 6.01. The van der Waals surface area contributed by atoms with Gasteiger partial charge in [-0.05, 0) is 23.3 Å². The molecule has 0 spiro atoms. The molecule has 0 atom stereocenters. The van der Waals surface area contributed by atoms with E-state index in [0.717, 1.165) is 0 Å². The number of hydrogen-bond donors (Lipinski definition) is 2. The molecule has 0 saturated heterocycles. The van der Waals surface area contributed by atoms with E-state index < -0.39 is 11.8 Å². The fraction of sp³-hybridized carbons (Fsp3) is 0.